The van der Waals surface area contributed by atoms with Gasteiger partial charge in [0.15, 0.2) is 0 Å². The van der Waals surface area contributed by atoms with Crippen LogP contribution >= 0.6 is 0 Å². The summed E-state index contributed by atoms with van der Waals surface area (Å²) < 4.78 is 0. The predicted octanol–water partition coefficient (Wildman–Crippen LogP) is 4.83. The lowest BCUT2D eigenvalue weighted by Gasteiger charge is -2.19. The minimum Gasteiger partial charge on any atom is -0.256 e. The second-order valence-electron chi connectivity index (χ2n) is 5.58. The van der Waals surface area contributed by atoms with Gasteiger partial charge in [0, 0.05) is 11.8 Å². The highest BCUT2D eigenvalue weighted by Gasteiger charge is 2.53. The average molecular weight is 251 g/mol. The Morgan fingerprint density at radius 3 is 2.53 bits per heavy atom. The van der Waals surface area contributed by atoms with Crippen LogP contribution in [0, 0.1) is 5.92 Å². The largest absolute Gasteiger partial charge is 0.256 e. The summed E-state index contributed by atoms with van der Waals surface area (Å²) in [5, 5.41) is 0. The summed E-state index contributed by atoms with van der Waals surface area (Å²) in [4.78, 5) is 4.54. The molecule has 0 bridgehead atoms. The summed E-state index contributed by atoms with van der Waals surface area (Å²) in [5.74, 6) is 0.849. The first-order chi connectivity index (χ1) is 9.31. The molecule has 1 heterocycles. The summed E-state index contributed by atoms with van der Waals surface area (Å²) in [6.45, 7) is 4.64. The highest BCUT2D eigenvalue weighted by Crippen LogP contribution is 2.59. The van der Waals surface area contributed by atoms with Crippen molar-refractivity contribution in [2.24, 2.45) is 5.92 Å². The molecule has 19 heavy (non-hydrogen) atoms. The van der Waals surface area contributed by atoms with E-state index in [4.69, 9.17) is 0 Å². The van der Waals surface area contributed by atoms with E-state index in [1.807, 2.05) is 12.3 Å². The van der Waals surface area contributed by atoms with Crippen molar-refractivity contribution in [1.29, 1.82) is 0 Å². The maximum absolute atomic E-state index is 4.54. The van der Waals surface area contributed by atoms with Crippen LogP contribution in [0.1, 0.15) is 38.7 Å². The fourth-order valence-corrected chi connectivity index (χ4v) is 3.53. The molecule has 0 saturated heterocycles. The van der Waals surface area contributed by atoms with Gasteiger partial charge in [0.05, 0.1) is 5.69 Å². The van der Waals surface area contributed by atoms with Gasteiger partial charge in [0.1, 0.15) is 0 Å². The third-order valence-corrected chi connectivity index (χ3v) is 4.76. The molecule has 0 spiro atoms. The molecule has 1 saturated carbocycles. The zero-order valence-electron chi connectivity index (χ0n) is 11.8. The van der Waals surface area contributed by atoms with Crippen LogP contribution in [0.3, 0.4) is 0 Å². The summed E-state index contributed by atoms with van der Waals surface area (Å²) in [6, 6.07) is 15.0. The lowest BCUT2D eigenvalue weighted by molar-refractivity contribution is 0.573. The molecular formula is C18H21N. The molecule has 1 fully saturated rings. The van der Waals surface area contributed by atoms with Gasteiger partial charge in [-0.1, -0.05) is 50.6 Å². The first kappa shape index (κ1) is 12.4. The second kappa shape index (κ2) is 4.80. The van der Waals surface area contributed by atoms with Crippen molar-refractivity contribution in [2.45, 2.75) is 38.5 Å². The molecule has 1 aromatic carbocycles. The molecule has 98 valence electrons. The Bertz CT molecular complexity index is 561. The van der Waals surface area contributed by atoms with Gasteiger partial charge in [-0.25, -0.2) is 0 Å². The molecular weight excluding hydrogens is 230 g/mol. The quantitative estimate of drug-likeness (QED) is 0.758. The van der Waals surface area contributed by atoms with Crippen molar-refractivity contribution >= 4 is 0 Å². The Morgan fingerprint density at radius 1 is 1.11 bits per heavy atom. The number of benzene rings is 1. The van der Waals surface area contributed by atoms with Gasteiger partial charge >= 0.3 is 0 Å². The molecule has 0 amide bonds. The minimum absolute atomic E-state index is 0.406. The van der Waals surface area contributed by atoms with Gasteiger partial charge < -0.3 is 0 Å². The van der Waals surface area contributed by atoms with Crippen LogP contribution in [-0.2, 0) is 5.41 Å². The minimum atomic E-state index is 0.406. The third-order valence-electron chi connectivity index (χ3n) is 4.76. The molecule has 2 atom stereocenters. The molecule has 0 aliphatic heterocycles. The van der Waals surface area contributed by atoms with Gasteiger partial charge in [-0.3, -0.25) is 4.98 Å². The number of nitrogens with zero attached hydrogens (tertiary/aromatic N) is 1. The van der Waals surface area contributed by atoms with Crippen LogP contribution in [0.25, 0.3) is 11.3 Å². The second-order valence-corrected chi connectivity index (χ2v) is 5.58. The van der Waals surface area contributed by atoms with Crippen LogP contribution in [0.4, 0.5) is 0 Å². The molecule has 2 aromatic rings. The predicted molar refractivity (Wildman–Crippen MR) is 80.0 cm³/mol. The Labute approximate surface area is 115 Å². The van der Waals surface area contributed by atoms with Crippen LogP contribution in [-0.4, -0.2) is 4.98 Å². The topological polar surface area (TPSA) is 12.9 Å². The van der Waals surface area contributed by atoms with Gasteiger partial charge in [-0.15, -0.1) is 0 Å². The fourth-order valence-electron chi connectivity index (χ4n) is 3.53. The Morgan fingerprint density at radius 2 is 1.89 bits per heavy atom. The number of rotatable bonds is 4. The van der Waals surface area contributed by atoms with Crippen LogP contribution < -0.4 is 0 Å². The molecule has 0 N–H and O–H groups in total. The number of aromatic nitrogens is 1. The number of pyridine rings is 1. The van der Waals surface area contributed by atoms with Crippen LogP contribution in [0.2, 0.25) is 0 Å². The van der Waals surface area contributed by atoms with Gasteiger partial charge in [0.2, 0.25) is 0 Å². The number of hydrogen-bond acceptors (Lipinski definition) is 1. The summed E-state index contributed by atoms with van der Waals surface area (Å²) >= 11 is 0. The van der Waals surface area contributed by atoms with E-state index in [0.717, 1.165) is 11.6 Å². The zero-order chi connectivity index (χ0) is 13.3. The van der Waals surface area contributed by atoms with E-state index < -0.39 is 0 Å². The monoisotopic (exact) mass is 251 g/mol. The van der Waals surface area contributed by atoms with Crippen molar-refractivity contribution in [3.05, 3.63) is 54.2 Å². The summed E-state index contributed by atoms with van der Waals surface area (Å²) in [5.41, 5.74) is 4.33. The van der Waals surface area contributed by atoms with Crippen LogP contribution in [0.15, 0.2) is 48.7 Å². The van der Waals surface area contributed by atoms with Crippen molar-refractivity contribution < 1.29 is 0 Å². The standard InChI is InChI=1S/C18H21N/c1-3-14-13-18(14,4-2)16-10-6-5-9-15(16)17-11-7-8-12-19-17/h5-12,14H,3-4,13H2,1-2H3/t14-,18?/m0/s1. The molecule has 0 radical (unpaired) electrons. The fraction of sp³-hybridized carbons (Fsp3) is 0.389. The van der Waals surface area contributed by atoms with E-state index in [-0.39, 0.29) is 0 Å². The van der Waals surface area contributed by atoms with Crippen LogP contribution in [0.5, 0.6) is 0 Å². The molecule has 1 unspecified atom stereocenters. The van der Waals surface area contributed by atoms with Crippen molar-refractivity contribution in [1.82, 2.24) is 4.98 Å². The first-order valence-corrected chi connectivity index (χ1v) is 7.32. The Kier molecular flexibility index (Phi) is 3.14. The smallest absolute Gasteiger partial charge is 0.0704 e. The first-order valence-electron chi connectivity index (χ1n) is 7.32. The van der Waals surface area contributed by atoms with Gasteiger partial charge in [-0.2, -0.15) is 0 Å². The molecule has 1 aliphatic rings. The number of hydrogen-bond donors (Lipinski definition) is 0. The molecule has 1 aromatic heterocycles. The van der Waals surface area contributed by atoms with Gasteiger partial charge in [-0.05, 0) is 41.9 Å². The van der Waals surface area contributed by atoms with E-state index in [2.05, 4.69) is 55.2 Å². The Hall–Kier alpha value is -1.63. The third kappa shape index (κ3) is 1.98. The lowest BCUT2D eigenvalue weighted by Crippen LogP contribution is -2.10. The normalized spacial score (nSPS) is 25.3. The van der Waals surface area contributed by atoms with E-state index in [0.29, 0.717) is 5.41 Å². The highest BCUT2D eigenvalue weighted by molar-refractivity contribution is 5.66. The maximum Gasteiger partial charge on any atom is 0.0704 e. The van der Waals surface area contributed by atoms with E-state index in [1.54, 1.807) is 0 Å². The highest BCUT2D eigenvalue weighted by atomic mass is 14.7. The molecule has 1 nitrogen and oxygen atoms in total. The summed E-state index contributed by atoms with van der Waals surface area (Å²) in [6.07, 6.45) is 5.73. The van der Waals surface area contributed by atoms with Crippen molar-refractivity contribution in [3.63, 3.8) is 0 Å². The maximum atomic E-state index is 4.54. The van der Waals surface area contributed by atoms with E-state index in [9.17, 15) is 0 Å². The molecule has 1 heteroatoms. The van der Waals surface area contributed by atoms with Gasteiger partial charge in [0.25, 0.3) is 0 Å². The molecule has 3 rings (SSSR count). The molecule has 1 aliphatic carbocycles. The van der Waals surface area contributed by atoms with E-state index in [1.165, 1.54) is 30.4 Å². The van der Waals surface area contributed by atoms with E-state index >= 15 is 0 Å². The SMILES string of the molecule is CC[C@H]1CC1(CC)c1ccccc1-c1ccccn1. The zero-order valence-corrected chi connectivity index (χ0v) is 11.8. The Balaban J connectivity index is 2.09. The lowest BCUT2D eigenvalue weighted by atomic mass is 9.85. The average Bonchev–Trinajstić information content (AvgIpc) is 3.23. The van der Waals surface area contributed by atoms with Crippen molar-refractivity contribution in [2.75, 3.05) is 0 Å². The summed E-state index contributed by atoms with van der Waals surface area (Å²) in [7, 11) is 0. The van der Waals surface area contributed by atoms with Crippen molar-refractivity contribution in [3.8, 4) is 11.3 Å².